The highest BCUT2D eigenvalue weighted by Gasteiger charge is 2.29. The third-order valence-electron chi connectivity index (χ3n) is 6.94. The molecule has 0 aromatic carbocycles. The zero-order valence-corrected chi connectivity index (χ0v) is 20.0. The Morgan fingerprint density at radius 3 is 2.84 bits per heavy atom. The number of aromatic nitrogens is 2. The van der Waals surface area contributed by atoms with Gasteiger partial charge in [0.2, 0.25) is 5.91 Å². The van der Waals surface area contributed by atoms with E-state index in [0.717, 1.165) is 60.3 Å². The average Bonchev–Trinajstić information content (AvgIpc) is 3.39. The predicted molar refractivity (Wildman–Crippen MR) is 125 cm³/mol. The van der Waals surface area contributed by atoms with Crippen LogP contribution in [0.25, 0.3) is 10.2 Å². The molecule has 1 saturated heterocycles. The first kappa shape index (κ1) is 21.5. The second-order valence-electron chi connectivity index (χ2n) is 9.35. The fraction of sp³-hybridized carbons (Fsp3) is 0.696. The van der Waals surface area contributed by atoms with Gasteiger partial charge in [0.15, 0.2) is 5.16 Å². The fourth-order valence-electron chi connectivity index (χ4n) is 5.23. The smallest absolute Gasteiger partial charge is 0.263 e. The zero-order valence-electron chi connectivity index (χ0n) is 18.4. The van der Waals surface area contributed by atoms with Gasteiger partial charge in [-0.15, -0.1) is 11.3 Å². The van der Waals surface area contributed by atoms with E-state index in [1.807, 2.05) is 16.4 Å². The summed E-state index contributed by atoms with van der Waals surface area (Å²) in [5, 5.41) is 1.59. The monoisotopic (exact) mass is 461 g/mol. The van der Waals surface area contributed by atoms with E-state index in [1.54, 1.807) is 11.3 Å². The third-order valence-corrected chi connectivity index (χ3v) is 9.02. The summed E-state index contributed by atoms with van der Waals surface area (Å²) in [4.78, 5) is 35.7. The van der Waals surface area contributed by atoms with Crippen LogP contribution < -0.4 is 5.56 Å². The third kappa shape index (κ3) is 4.18. The Hall–Kier alpha value is -1.38. The minimum absolute atomic E-state index is 0.0775. The molecule has 2 atom stereocenters. The van der Waals surface area contributed by atoms with Crippen molar-refractivity contribution in [3.8, 4) is 0 Å². The molecule has 0 radical (unpaired) electrons. The van der Waals surface area contributed by atoms with E-state index in [0.29, 0.717) is 31.4 Å². The molecule has 1 saturated carbocycles. The Kier molecular flexibility index (Phi) is 6.14. The Bertz CT molecular complexity index is 1040. The van der Waals surface area contributed by atoms with Gasteiger partial charge in [0.25, 0.3) is 5.56 Å². The Labute approximate surface area is 191 Å². The van der Waals surface area contributed by atoms with Crippen molar-refractivity contribution in [2.24, 2.45) is 5.92 Å². The quantitative estimate of drug-likeness (QED) is 0.508. The van der Waals surface area contributed by atoms with Crippen LogP contribution in [0.3, 0.4) is 0 Å². The summed E-state index contributed by atoms with van der Waals surface area (Å²) in [6, 6.07) is 0.212. The summed E-state index contributed by atoms with van der Waals surface area (Å²) < 4.78 is 7.51. The van der Waals surface area contributed by atoms with Gasteiger partial charge < -0.3 is 9.64 Å². The van der Waals surface area contributed by atoms with Gasteiger partial charge in [0.05, 0.1) is 23.8 Å². The van der Waals surface area contributed by atoms with Gasteiger partial charge >= 0.3 is 0 Å². The summed E-state index contributed by atoms with van der Waals surface area (Å²) in [6.07, 6.45) is 7.62. The van der Waals surface area contributed by atoms with Crippen LogP contribution in [0.5, 0.6) is 0 Å². The van der Waals surface area contributed by atoms with E-state index >= 15 is 0 Å². The molecule has 0 spiro atoms. The second-order valence-corrected chi connectivity index (χ2v) is 11.4. The van der Waals surface area contributed by atoms with Crippen LogP contribution in [0.1, 0.15) is 62.4 Å². The minimum Gasteiger partial charge on any atom is -0.375 e. The SMILES string of the molecule is C[C@H]1CCc2c(sc3nc(SCC(=O)N4CCO[C@H](C)C4)n(C4CCCC4)c(=O)c23)C1. The van der Waals surface area contributed by atoms with Crippen molar-refractivity contribution in [3.05, 3.63) is 20.8 Å². The van der Waals surface area contributed by atoms with Gasteiger partial charge in [-0.25, -0.2) is 4.98 Å². The van der Waals surface area contributed by atoms with E-state index in [4.69, 9.17) is 9.72 Å². The van der Waals surface area contributed by atoms with Gasteiger partial charge in [-0.1, -0.05) is 31.5 Å². The maximum absolute atomic E-state index is 13.7. The molecule has 3 aliphatic rings. The molecule has 0 bridgehead atoms. The highest BCUT2D eigenvalue weighted by atomic mass is 32.2. The predicted octanol–water partition coefficient (Wildman–Crippen LogP) is 4.04. The highest BCUT2D eigenvalue weighted by molar-refractivity contribution is 7.99. The highest BCUT2D eigenvalue weighted by Crippen LogP contribution is 2.38. The van der Waals surface area contributed by atoms with Crippen molar-refractivity contribution in [1.82, 2.24) is 14.5 Å². The molecule has 1 aliphatic heterocycles. The summed E-state index contributed by atoms with van der Waals surface area (Å²) in [5.41, 5.74) is 1.37. The van der Waals surface area contributed by atoms with E-state index in [2.05, 4.69) is 6.92 Å². The number of carbonyl (C=O) groups excluding carboxylic acids is 1. The number of ether oxygens (including phenoxy) is 1. The van der Waals surface area contributed by atoms with Crippen LogP contribution in [0, 0.1) is 5.92 Å². The molecule has 2 fully saturated rings. The number of morpholine rings is 1. The van der Waals surface area contributed by atoms with E-state index < -0.39 is 0 Å². The van der Waals surface area contributed by atoms with Gasteiger partial charge in [-0.2, -0.15) is 0 Å². The number of thioether (sulfide) groups is 1. The van der Waals surface area contributed by atoms with Crippen LogP contribution in [0.15, 0.2) is 9.95 Å². The fourth-order valence-corrected chi connectivity index (χ4v) is 7.63. The maximum Gasteiger partial charge on any atom is 0.263 e. The lowest BCUT2D eigenvalue weighted by Crippen LogP contribution is -2.45. The van der Waals surface area contributed by atoms with Crippen molar-refractivity contribution in [2.45, 2.75) is 76.1 Å². The molecule has 6 nitrogen and oxygen atoms in total. The average molecular weight is 462 g/mol. The molecule has 2 aliphatic carbocycles. The lowest BCUT2D eigenvalue weighted by atomic mass is 9.89. The number of hydrogen-bond acceptors (Lipinski definition) is 6. The van der Waals surface area contributed by atoms with Gasteiger partial charge in [-0.3, -0.25) is 14.2 Å². The number of amides is 1. The van der Waals surface area contributed by atoms with Crippen molar-refractivity contribution < 1.29 is 9.53 Å². The zero-order chi connectivity index (χ0) is 21.5. The summed E-state index contributed by atoms with van der Waals surface area (Å²) in [7, 11) is 0. The molecule has 0 N–H and O–H groups in total. The number of hydrogen-bond donors (Lipinski definition) is 0. The molecule has 168 valence electrons. The minimum atomic E-state index is 0.0775. The van der Waals surface area contributed by atoms with E-state index in [1.165, 1.54) is 22.2 Å². The number of rotatable bonds is 4. The van der Waals surface area contributed by atoms with Crippen molar-refractivity contribution in [1.29, 1.82) is 0 Å². The van der Waals surface area contributed by atoms with Crippen molar-refractivity contribution >= 4 is 39.2 Å². The first-order valence-corrected chi connectivity index (χ1v) is 13.4. The first-order valence-electron chi connectivity index (χ1n) is 11.6. The number of carbonyl (C=O) groups is 1. The molecule has 8 heteroatoms. The number of nitrogens with zero attached hydrogens (tertiary/aromatic N) is 3. The topological polar surface area (TPSA) is 64.4 Å². The van der Waals surface area contributed by atoms with Gasteiger partial charge in [0, 0.05) is 24.0 Å². The molecule has 1 amide bonds. The molecule has 0 unspecified atom stereocenters. The second kappa shape index (κ2) is 8.87. The maximum atomic E-state index is 13.7. The Morgan fingerprint density at radius 1 is 1.26 bits per heavy atom. The van der Waals surface area contributed by atoms with E-state index in [-0.39, 0.29) is 23.6 Å². The molecule has 2 aromatic rings. The van der Waals surface area contributed by atoms with Gasteiger partial charge in [-0.05, 0) is 50.5 Å². The molecule has 3 heterocycles. The lowest BCUT2D eigenvalue weighted by Gasteiger charge is -2.31. The molecule has 5 rings (SSSR count). The summed E-state index contributed by atoms with van der Waals surface area (Å²) in [6.45, 7) is 6.16. The van der Waals surface area contributed by atoms with E-state index in [9.17, 15) is 9.59 Å². The van der Waals surface area contributed by atoms with Crippen molar-refractivity contribution in [2.75, 3.05) is 25.4 Å². The normalized spacial score (nSPS) is 24.6. The summed E-state index contributed by atoms with van der Waals surface area (Å²) >= 11 is 3.13. The standard InChI is InChI=1S/C23H31N3O3S2/c1-14-7-8-17-18(11-14)31-21-20(17)22(28)26(16-5-3-4-6-16)23(24-21)30-13-19(27)25-9-10-29-15(2)12-25/h14-16H,3-13H2,1-2H3/t14-,15+/m0/s1. The molecule has 2 aromatic heterocycles. The van der Waals surface area contributed by atoms with Crippen LogP contribution in [-0.2, 0) is 22.4 Å². The van der Waals surface area contributed by atoms with Crippen LogP contribution >= 0.6 is 23.1 Å². The van der Waals surface area contributed by atoms with Crippen LogP contribution in [0.4, 0.5) is 0 Å². The number of aryl methyl sites for hydroxylation is 1. The number of fused-ring (bicyclic) bond motifs is 3. The Morgan fingerprint density at radius 2 is 2.06 bits per heavy atom. The largest absolute Gasteiger partial charge is 0.375 e. The van der Waals surface area contributed by atoms with Gasteiger partial charge in [0.1, 0.15) is 4.83 Å². The van der Waals surface area contributed by atoms with Crippen LogP contribution in [-0.4, -0.2) is 51.9 Å². The lowest BCUT2D eigenvalue weighted by molar-refractivity contribution is -0.135. The Balaban J connectivity index is 1.48. The summed E-state index contributed by atoms with van der Waals surface area (Å²) in [5.74, 6) is 1.09. The van der Waals surface area contributed by atoms with Crippen LogP contribution in [0.2, 0.25) is 0 Å². The molecule has 31 heavy (non-hydrogen) atoms. The first-order chi connectivity index (χ1) is 15.0. The van der Waals surface area contributed by atoms with Crippen molar-refractivity contribution in [3.63, 3.8) is 0 Å². The number of thiophene rings is 1. The molecular formula is C23H31N3O3S2. The molecular weight excluding hydrogens is 430 g/mol.